The van der Waals surface area contributed by atoms with Crippen molar-refractivity contribution in [2.75, 3.05) is 7.11 Å². The first-order valence-corrected chi connectivity index (χ1v) is 10.7. The molecule has 1 N–H and O–H groups in total. The summed E-state index contributed by atoms with van der Waals surface area (Å²) in [6, 6.07) is 9.58. The van der Waals surface area contributed by atoms with E-state index in [-0.39, 0.29) is 23.1 Å². The molecular formula is C21H22FNO5S. The zero-order chi connectivity index (χ0) is 21.2. The van der Waals surface area contributed by atoms with Gasteiger partial charge in [0.05, 0.1) is 18.4 Å². The summed E-state index contributed by atoms with van der Waals surface area (Å²) < 4.78 is 45.3. The lowest BCUT2D eigenvalue weighted by atomic mass is 9.94. The second kappa shape index (κ2) is 8.42. The van der Waals surface area contributed by atoms with Crippen LogP contribution in [-0.2, 0) is 32.4 Å². The molecule has 0 bridgehead atoms. The van der Waals surface area contributed by atoms with Gasteiger partial charge in [-0.15, -0.1) is 0 Å². The van der Waals surface area contributed by atoms with E-state index in [2.05, 4.69) is 9.46 Å². The van der Waals surface area contributed by atoms with Gasteiger partial charge in [0.1, 0.15) is 5.82 Å². The minimum Gasteiger partial charge on any atom is -0.469 e. The topological polar surface area (TPSA) is 89.5 Å². The van der Waals surface area contributed by atoms with Gasteiger partial charge in [-0.25, -0.2) is 17.5 Å². The largest absolute Gasteiger partial charge is 0.469 e. The molecule has 6 nitrogen and oxygen atoms in total. The van der Waals surface area contributed by atoms with E-state index in [0.29, 0.717) is 18.4 Å². The molecule has 3 rings (SSSR count). The molecule has 0 radical (unpaired) electrons. The van der Waals surface area contributed by atoms with Crippen LogP contribution < -0.4 is 4.72 Å². The maximum atomic E-state index is 13.0. The Labute approximate surface area is 169 Å². The predicted molar refractivity (Wildman–Crippen MR) is 104 cm³/mol. The summed E-state index contributed by atoms with van der Waals surface area (Å²) in [5, 5.41) is 0. The van der Waals surface area contributed by atoms with Crippen molar-refractivity contribution in [1.29, 1.82) is 0 Å². The molecule has 8 heteroatoms. The van der Waals surface area contributed by atoms with Crippen LogP contribution in [0.15, 0.2) is 47.4 Å². The third-order valence-electron chi connectivity index (χ3n) is 5.02. The first-order chi connectivity index (χ1) is 13.7. The van der Waals surface area contributed by atoms with E-state index in [1.54, 1.807) is 19.1 Å². The number of sulfonamides is 1. The van der Waals surface area contributed by atoms with Gasteiger partial charge in [-0.05, 0) is 54.3 Å². The molecule has 29 heavy (non-hydrogen) atoms. The third kappa shape index (κ3) is 4.89. The molecule has 2 unspecified atom stereocenters. The van der Waals surface area contributed by atoms with Crippen molar-refractivity contribution in [1.82, 2.24) is 4.72 Å². The van der Waals surface area contributed by atoms with Crippen molar-refractivity contribution in [3.05, 3.63) is 65.0 Å². The number of ether oxygens (including phenoxy) is 1. The number of carbonyl (C=O) groups is 2. The summed E-state index contributed by atoms with van der Waals surface area (Å²) >= 11 is 0. The summed E-state index contributed by atoms with van der Waals surface area (Å²) in [4.78, 5) is 24.0. The maximum Gasteiger partial charge on any atom is 0.306 e. The fraction of sp³-hybridized carbons (Fsp3) is 0.333. The quantitative estimate of drug-likeness (QED) is 0.551. The molecule has 2 atom stereocenters. The van der Waals surface area contributed by atoms with E-state index in [1.165, 1.54) is 19.2 Å². The van der Waals surface area contributed by atoms with Crippen LogP contribution in [0.4, 0.5) is 4.39 Å². The van der Waals surface area contributed by atoms with E-state index in [4.69, 9.17) is 0 Å². The van der Waals surface area contributed by atoms with Gasteiger partial charge in [-0.2, -0.15) is 0 Å². The highest BCUT2D eigenvalue weighted by atomic mass is 32.2. The standard InChI is InChI=1S/C21H22FNO5S/c1-13(9-20(24)28-2)21(25)15-4-3-14-11-18(12-16(14)10-15)23-29(26,27)19-7-5-17(22)6-8-19/h3-8,10,13,18,23H,9,11-12H2,1-2H3. The highest BCUT2D eigenvalue weighted by Crippen LogP contribution is 2.26. The van der Waals surface area contributed by atoms with Crippen LogP contribution in [0.1, 0.15) is 34.8 Å². The van der Waals surface area contributed by atoms with E-state index >= 15 is 0 Å². The average Bonchev–Trinajstić information content (AvgIpc) is 3.08. The number of carbonyl (C=O) groups excluding carboxylic acids is 2. The number of fused-ring (bicyclic) bond motifs is 1. The number of ketones is 1. The smallest absolute Gasteiger partial charge is 0.306 e. The second-order valence-corrected chi connectivity index (χ2v) is 8.92. The normalized spacial score (nSPS) is 16.9. The van der Waals surface area contributed by atoms with Gasteiger partial charge >= 0.3 is 5.97 Å². The molecule has 0 aliphatic heterocycles. The monoisotopic (exact) mass is 419 g/mol. The Bertz CT molecular complexity index is 1030. The number of rotatable bonds is 7. The fourth-order valence-corrected chi connectivity index (χ4v) is 4.70. The number of hydrogen-bond donors (Lipinski definition) is 1. The summed E-state index contributed by atoms with van der Waals surface area (Å²) in [7, 11) is -2.49. The molecule has 0 spiro atoms. The molecule has 0 saturated carbocycles. The lowest BCUT2D eigenvalue weighted by Crippen LogP contribution is -2.35. The predicted octanol–water partition coefficient (Wildman–Crippen LogP) is 2.65. The number of hydrogen-bond acceptors (Lipinski definition) is 5. The van der Waals surface area contributed by atoms with Crippen molar-refractivity contribution in [3.63, 3.8) is 0 Å². The molecule has 0 fully saturated rings. The number of Topliss-reactive ketones (excluding diaryl/α,β-unsaturated/α-hetero) is 1. The molecule has 0 saturated heterocycles. The van der Waals surface area contributed by atoms with Crippen LogP contribution in [-0.4, -0.2) is 33.3 Å². The summed E-state index contributed by atoms with van der Waals surface area (Å²) in [5.74, 6) is -1.61. The van der Waals surface area contributed by atoms with Gasteiger partial charge in [0.25, 0.3) is 0 Å². The Hall–Kier alpha value is -2.58. The number of methoxy groups -OCH3 is 1. The van der Waals surface area contributed by atoms with Crippen molar-refractivity contribution in [3.8, 4) is 0 Å². The second-order valence-electron chi connectivity index (χ2n) is 7.21. The Morgan fingerprint density at radius 2 is 1.79 bits per heavy atom. The molecule has 2 aromatic rings. The maximum absolute atomic E-state index is 13.0. The van der Waals surface area contributed by atoms with Gasteiger partial charge in [0, 0.05) is 17.5 Å². The van der Waals surface area contributed by atoms with Crippen LogP contribution in [0.25, 0.3) is 0 Å². The molecule has 0 amide bonds. The Morgan fingerprint density at radius 1 is 1.14 bits per heavy atom. The van der Waals surface area contributed by atoms with Gasteiger partial charge in [-0.1, -0.05) is 19.1 Å². The van der Waals surface area contributed by atoms with E-state index in [9.17, 15) is 22.4 Å². The average molecular weight is 419 g/mol. The van der Waals surface area contributed by atoms with Crippen LogP contribution in [0.5, 0.6) is 0 Å². The summed E-state index contributed by atoms with van der Waals surface area (Å²) in [5.41, 5.74) is 2.35. The highest BCUT2D eigenvalue weighted by Gasteiger charge is 2.28. The third-order valence-corrected chi connectivity index (χ3v) is 6.55. The van der Waals surface area contributed by atoms with E-state index < -0.39 is 27.7 Å². The van der Waals surface area contributed by atoms with E-state index in [1.807, 2.05) is 6.07 Å². The Kier molecular flexibility index (Phi) is 6.14. The summed E-state index contributed by atoms with van der Waals surface area (Å²) in [6.07, 6.45) is 0.955. The van der Waals surface area contributed by atoms with Crippen LogP contribution in [0, 0.1) is 11.7 Å². The molecule has 0 heterocycles. The van der Waals surface area contributed by atoms with Gasteiger partial charge < -0.3 is 4.74 Å². The fourth-order valence-electron chi connectivity index (χ4n) is 3.47. The van der Waals surface area contributed by atoms with E-state index in [0.717, 1.165) is 23.3 Å². The van der Waals surface area contributed by atoms with Gasteiger partial charge in [0.15, 0.2) is 5.78 Å². The molecule has 154 valence electrons. The van der Waals surface area contributed by atoms with Crippen LogP contribution >= 0.6 is 0 Å². The highest BCUT2D eigenvalue weighted by molar-refractivity contribution is 7.89. The van der Waals surface area contributed by atoms with Crippen molar-refractivity contribution < 1.29 is 27.1 Å². The first kappa shape index (κ1) is 21.1. The Balaban J connectivity index is 1.70. The molecular weight excluding hydrogens is 397 g/mol. The minimum absolute atomic E-state index is 0.00218. The molecule has 1 aliphatic carbocycles. The lowest BCUT2D eigenvalue weighted by Gasteiger charge is -2.12. The van der Waals surface area contributed by atoms with Crippen LogP contribution in [0.3, 0.4) is 0 Å². The molecule has 2 aromatic carbocycles. The lowest BCUT2D eigenvalue weighted by molar-refractivity contribution is -0.141. The van der Waals surface area contributed by atoms with Crippen molar-refractivity contribution >= 4 is 21.8 Å². The zero-order valence-corrected chi connectivity index (χ0v) is 17.0. The molecule has 0 aromatic heterocycles. The van der Waals surface area contributed by atoms with Gasteiger partial charge in [-0.3, -0.25) is 9.59 Å². The van der Waals surface area contributed by atoms with Crippen molar-refractivity contribution in [2.45, 2.75) is 37.1 Å². The van der Waals surface area contributed by atoms with Gasteiger partial charge in [0.2, 0.25) is 10.0 Å². The zero-order valence-electron chi connectivity index (χ0n) is 16.1. The SMILES string of the molecule is COC(=O)CC(C)C(=O)c1ccc2c(c1)CC(NS(=O)(=O)c1ccc(F)cc1)C2. The summed E-state index contributed by atoms with van der Waals surface area (Å²) in [6.45, 7) is 1.67. The number of halogens is 1. The number of esters is 1. The first-order valence-electron chi connectivity index (χ1n) is 9.20. The minimum atomic E-state index is -3.77. The van der Waals surface area contributed by atoms with Crippen molar-refractivity contribution in [2.24, 2.45) is 5.92 Å². The molecule has 1 aliphatic rings. The Morgan fingerprint density at radius 3 is 2.45 bits per heavy atom. The number of benzene rings is 2. The van der Waals surface area contributed by atoms with Crippen LogP contribution in [0.2, 0.25) is 0 Å². The number of nitrogens with one attached hydrogen (secondary N) is 1.